The molecule has 1 amide bonds. The Kier molecular flexibility index (Phi) is 10.0. The first-order valence-electron chi connectivity index (χ1n) is 12.2. The summed E-state index contributed by atoms with van der Waals surface area (Å²) in [5, 5.41) is 0. The monoisotopic (exact) mass is 507 g/mol. The molecule has 37 heavy (non-hydrogen) atoms. The van der Waals surface area contributed by atoms with Crippen molar-refractivity contribution in [2.24, 2.45) is 0 Å². The quantitative estimate of drug-likeness (QED) is 0.341. The molecule has 0 spiro atoms. The summed E-state index contributed by atoms with van der Waals surface area (Å²) in [5.74, 6) is 2.54. The molecule has 3 aromatic carbocycles. The van der Waals surface area contributed by atoms with Crippen LogP contribution >= 0.6 is 0 Å². The Morgan fingerprint density at radius 1 is 0.730 bits per heavy atom. The number of nitrogens with zero attached hydrogens (tertiary/aromatic N) is 2. The van der Waals surface area contributed by atoms with Crippen LogP contribution in [0.5, 0.6) is 23.0 Å². The maximum Gasteiger partial charge on any atom is 0.258 e. The maximum atomic E-state index is 13.5. The van der Waals surface area contributed by atoms with Crippen LogP contribution in [-0.4, -0.2) is 65.9 Å². The van der Waals surface area contributed by atoms with E-state index < -0.39 is 0 Å². The van der Waals surface area contributed by atoms with E-state index in [0.717, 1.165) is 43.1 Å². The molecule has 0 fully saturated rings. The van der Waals surface area contributed by atoms with Gasteiger partial charge in [-0.3, -0.25) is 4.79 Å². The number of carbonyl (C=O) groups is 1. The highest BCUT2D eigenvalue weighted by Gasteiger charge is 2.20. The lowest BCUT2D eigenvalue weighted by atomic mass is 10.1. The van der Waals surface area contributed by atoms with Gasteiger partial charge in [0.2, 0.25) is 0 Å². The van der Waals surface area contributed by atoms with Crippen molar-refractivity contribution in [1.29, 1.82) is 0 Å². The van der Waals surface area contributed by atoms with Crippen molar-refractivity contribution in [3.63, 3.8) is 0 Å². The van der Waals surface area contributed by atoms with Crippen LogP contribution in [0.25, 0.3) is 0 Å². The van der Waals surface area contributed by atoms with E-state index >= 15 is 0 Å². The first-order valence-corrected chi connectivity index (χ1v) is 12.2. The van der Waals surface area contributed by atoms with E-state index in [0.29, 0.717) is 29.3 Å². The molecular formula is C29H37N3O5. The van der Waals surface area contributed by atoms with Crippen LogP contribution in [0.2, 0.25) is 0 Å². The zero-order chi connectivity index (χ0) is 26.8. The maximum absolute atomic E-state index is 13.5. The summed E-state index contributed by atoms with van der Waals surface area (Å²) in [4.78, 5) is 17.5. The fraction of sp³-hybridized carbons (Fsp3) is 0.345. The number of amides is 1. The number of nitrogen functional groups attached to an aromatic ring is 1. The van der Waals surface area contributed by atoms with Crippen molar-refractivity contribution in [1.82, 2.24) is 4.90 Å². The number of benzene rings is 3. The van der Waals surface area contributed by atoms with Gasteiger partial charge in [-0.15, -0.1) is 0 Å². The number of carbonyl (C=O) groups excluding carboxylic acids is 1. The lowest BCUT2D eigenvalue weighted by Crippen LogP contribution is -2.34. The molecule has 8 nitrogen and oxygen atoms in total. The van der Waals surface area contributed by atoms with Gasteiger partial charge in [-0.05, 0) is 80.5 Å². The summed E-state index contributed by atoms with van der Waals surface area (Å²) >= 11 is 0. The van der Waals surface area contributed by atoms with Gasteiger partial charge < -0.3 is 34.5 Å². The van der Waals surface area contributed by atoms with Crippen molar-refractivity contribution >= 4 is 17.3 Å². The molecule has 3 aromatic rings. The average Bonchev–Trinajstić information content (AvgIpc) is 2.93. The minimum Gasteiger partial charge on any atom is -0.493 e. The Bertz CT molecular complexity index is 1170. The van der Waals surface area contributed by atoms with Gasteiger partial charge in [0, 0.05) is 36.1 Å². The topological polar surface area (TPSA) is 86.5 Å². The van der Waals surface area contributed by atoms with E-state index in [1.807, 2.05) is 30.3 Å². The molecule has 0 aliphatic carbocycles. The second-order valence-electron chi connectivity index (χ2n) is 8.71. The second kappa shape index (κ2) is 13.4. The number of nitrogens with two attached hydrogens (primary N) is 1. The third-order valence-corrected chi connectivity index (χ3v) is 6.23. The van der Waals surface area contributed by atoms with E-state index in [1.165, 1.54) is 5.56 Å². The summed E-state index contributed by atoms with van der Waals surface area (Å²) in [7, 11) is 8.54. The SMILES string of the molecule is COc1ccc(CCN(C)CCCN(C(=O)c2ccc(N)cc2)c2ccc(OC)c(OC)c2)cc1OC. The van der Waals surface area contributed by atoms with Crippen LogP contribution in [0.4, 0.5) is 11.4 Å². The van der Waals surface area contributed by atoms with Gasteiger partial charge in [-0.1, -0.05) is 6.07 Å². The molecule has 2 N–H and O–H groups in total. The molecule has 0 aliphatic rings. The van der Waals surface area contributed by atoms with Crippen LogP contribution in [-0.2, 0) is 6.42 Å². The molecule has 0 radical (unpaired) electrons. The van der Waals surface area contributed by atoms with Gasteiger partial charge in [0.05, 0.1) is 28.4 Å². The van der Waals surface area contributed by atoms with Crippen LogP contribution in [0.3, 0.4) is 0 Å². The minimum atomic E-state index is -0.0970. The van der Waals surface area contributed by atoms with Crippen LogP contribution < -0.4 is 29.6 Å². The molecule has 198 valence electrons. The van der Waals surface area contributed by atoms with Gasteiger partial charge >= 0.3 is 0 Å². The first kappa shape index (κ1) is 27.7. The first-order chi connectivity index (χ1) is 17.9. The molecule has 0 heterocycles. The highest BCUT2D eigenvalue weighted by Crippen LogP contribution is 2.32. The van der Waals surface area contributed by atoms with E-state index in [1.54, 1.807) is 57.6 Å². The highest BCUT2D eigenvalue weighted by molar-refractivity contribution is 6.06. The lowest BCUT2D eigenvalue weighted by Gasteiger charge is -2.25. The molecule has 0 unspecified atom stereocenters. The summed E-state index contributed by atoms with van der Waals surface area (Å²) in [6, 6.07) is 18.5. The smallest absolute Gasteiger partial charge is 0.258 e. The Hall–Kier alpha value is -3.91. The van der Waals surface area contributed by atoms with E-state index in [-0.39, 0.29) is 5.91 Å². The number of anilines is 2. The van der Waals surface area contributed by atoms with Crippen LogP contribution in [0, 0.1) is 0 Å². The van der Waals surface area contributed by atoms with Crippen molar-refractivity contribution in [2.45, 2.75) is 12.8 Å². The molecular weight excluding hydrogens is 470 g/mol. The van der Waals surface area contributed by atoms with Crippen LogP contribution in [0.15, 0.2) is 60.7 Å². The van der Waals surface area contributed by atoms with Gasteiger partial charge in [0.25, 0.3) is 5.91 Å². The van der Waals surface area contributed by atoms with Gasteiger partial charge in [0.15, 0.2) is 23.0 Å². The third-order valence-electron chi connectivity index (χ3n) is 6.23. The Morgan fingerprint density at radius 3 is 1.95 bits per heavy atom. The zero-order valence-electron chi connectivity index (χ0n) is 22.3. The zero-order valence-corrected chi connectivity index (χ0v) is 22.3. The Balaban J connectivity index is 1.67. The molecule has 8 heteroatoms. The van der Waals surface area contributed by atoms with Crippen molar-refractivity contribution in [3.05, 3.63) is 71.8 Å². The molecule has 0 saturated carbocycles. The minimum absolute atomic E-state index is 0.0970. The Labute approximate surface area is 219 Å². The lowest BCUT2D eigenvalue weighted by molar-refractivity contribution is 0.0986. The predicted octanol–water partition coefficient (Wildman–Crippen LogP) is 4.51. The van der Waals surface area contributed by atoms with Gasteiger partial charge in [-0.2, -0.15) is 0 Å². The summed E-state index contributed by atoms with van der Waals surface area (Å²) in [6.45, 7) is 2.24. The fourth-order valence-corrected chi connectivity index (χ4v) is 4.09. The summed E-state index contributed by atoms with van der Waals surface area (Å²) in [6.07, 6.45) is 1.66. The number of hydrogen-bond donors (Lipinski definition) is 1. The predicted molar refractivity (Wildman–Crippen MR) is 147 cm³/mol. The Morgan fingerprint density at radius 2 is 1.32 bits per heavy atom. The second-order valence-corrected chi connectivity index (χ2v) is 8.71. The van der Waals surface area contributed by atoms with E-state index in [9.17, 15) is 4.79 Å². The van der Waals surface area contributed by atoms with Gasteiger partial charge in [-0.25, -0.2) is 0 Å². The van der Waals surface area contributed by atoms with Crippen molar-refractivity contribution in [2.75, 3.05) is 65.8 Å². The standard InChI is InChI=1S/C29H37N3O5/c1-31(18-15-21-7-13-25(34-2)27(19-21)36-4)16-6-17-32(29(33)22-8-10-23(30)11-9-22)24-12-14-26(35-3)28(20-24)37-5/h7-14,19-20H,6,15-18,30H2,1-5H3. The fourth-order valence-electron chi connectivity index (χ4n) is 4.09. The highest BCUT2D eigenvalue weighted by atomic mass is 16.5. The third kappa shape index (κ3) is 7.30. The van der Waals surface area contributed by atoms with Gasteiger partial charge in [0.1, 0.15) is 0 Å². The average molecular weight is 508 g/mol. The normalized spacial score (nSPS) is 10.8. The molecule has 0 bridgehead atoms. The number of hydrogen-bond acceptors (Lipinski definition) is 7. The molecule has 3 rings (SSSR count). The largest absolute Gasteiger partial charge is 0.493 e. The molecule has 0 aliphatic heterocycles. The summed E-state index contributed by atoms with van der Waals surface area (Å²) in [5.41, 5.74) is 8.93. The number of rotatable bonds is 13. The molecule has 0 saturated heterocycles. The molecule has 0 atom stereocenters. The molecule has 0 aromatic heterocycles. The van der Waals surface area contributed by atoms with Crippen LogP contribution in [0.1, 0.15) is 22.3 Å². The van der Waals surface area contributed by atoms with Crippen molar-refractivity contribution < 1.29 is 23.7 Å². The van der Waals surface area contributed by atoms with Crippen molar-refractivity contribution in [3.8, 4) is 23.0 Å². The number of methoxy groups -OCH3 is 4. The van der Waals surface area contributed by atoms with E-state index in [4.69, 9.17) is 24.7 Å². The van der Waals surface area contributed by atoms with E-state index in [2.05, 4.69) is 18.0 Å². The number of likely N-dealkylation sites (N-methyl/N-ethyl adjacent to an activating group) is 1. The summed E-state index contributed by atoms with van der Waals surface area (Å²) < 4.78 is 21.6. The number of ether oxygens (including phenoxy) is 4.